The number of nitro benzene ring substituents is 1. The van der Waals surface area contributed by atoms with Crippen molar-refractivity contribution < 1.29 is 19.3 Å². The molecule has 8 heteroatoms. The summed E-state index contributed by atoms with van der Waals surface area (Å²) in [5, 5.41) is 14.9. The number of benzene rings is 2. The Morgan fingerprint density at radius 2 is 1.50 bits per heavy atom. The maximum Gasteiger partial charge on any atom is 0.365 e. The number of hydrogen-bond donors (Lipinski definition) is 0. The van der Waals surface area contributed by atoms with Gasteiger partial charge in [-0.1, -0.05) is 5.16 Å². The van der Waals surface area contributed by atoms with Gasteiger partial charge >= 0.3 is 5.97 Å². The van der Waals surface area contributed by atoms with Crippen LogP contribution in [0.25, 0.3) is 0 Å². The second-order valence-electron chi connectivity index (χ2n) is 5.59. The van der Waals surface area contributed by atoms with Crippen LogP contribution in [-0.4, -0.2) is 28.7 Å². The summed E-state index contributed by atoms with van der Waals surface area (Å²) in [5.74, 6) is -0.0282. The largest absolute Gasteiger partial charge is 0.497 e. The number of carbonyl (C=O) groups excluding carboxylic acids is 1. The van der Waals surface area contributed by atoms with Crippen LogP contribution in [-0.2, 0) is 4.84 Å². The predicted octanol–water partition coefficient (Wildman–Crippen LogP) is 3.61. The van der Waals surface area contributed by atoms with E-state index in [1.807, 2.05) is 0 Å². The van der Waals surface area contributed by atoms with E-state index in [-0.39, 0.29) is 5.69 Å². The first-order chi connectivity index (χ1) is 13.6. The average Bonchev–Trinajstić information content (AvgIpc) is 2.75. The van der Waals surface area contributed by atoms with Crippen LogP contribution in [0.1, 0.15) is 21.5 Å². The lowest BCUT2D eigenvalue weighted by Crippen LogP contribution is -2.08. The van der Waals surface area contributed by atoms with E-state index in [4.69, 9.17) is 9.57 Å². The van der Waals surface area contributed by atoms with Crippen LogP contribution in [0.3, 0.4) is 0 Å². The van der Waals surface area contributed by atoms with Gasteiger partial charge in [-0.3, -0.25) is 15.1 Å². The third-order valence-electron chi connectivity index (χ3n) is 3.85. The molecule has 0 bridgehead atoms. The maximum atomic E-state index is 12.3. The van der Waals surface area contributed by atoms with Crippen LogP contribution in [0.5, 0.6) is 5.75 Å². The Labute approximate surface area is 160 Å². The number of oxime groups is 1. The van der Waals surface area contributed by atoms with E-state index in [0.29, 0.717) is 28.2 Å². The van der Waals surface area contributed by atoms with Gasteiger partial charge in [0.15, 0.2) is 0 Å². The van der Waals surface area contributed by atoms with E-state index in [1.54, 1.807) is 60.9 Å². The normalized spacial score (nSPS) is 11.0. The van der Waals surface area contributed by atoms with Crippen molar-refractivity contribution in [2.24, 2.45) is 5.16 Å². The van der Waals surface area contributed by atoms with E-state index < -0.39 is 10.9 Å². The molecule has 0 aliphatic heterocycles. The fraction of sp³-hybridized carbons (Fsp3) is 0.0500. The van der Waals surface area contributed by atoms with Crippen LogP contribution in [0, 0.1) is 10.1 Å². The second-order valence-corrected chi connectivity index (χ2v) is 5.59. The lowest BCUT2D eigenvalue weighted by Gasteiger charge is -2.07. The number of aromatic nitrogens is 1. The number of hydrogen-bond acceptors (Lipinski definition) is 7. The fourth-order valence-corrected chi connectivity index (χ4v) is 2.39. The molecule has 0 aliphatic rings. The molecule has 0 atom stereocenters. The predicted molar refractivity (Wildman–Crippen MR) is 101 cm³/mol. The van der Waals surface area contributed by atoms with Gasteiger partial charge in [0.2, 0.25) is 0 Å². The Morgan fingerprint density at radius 3 is 2.07 bits per heavy atom. The van der Waals surface area contributed by atoms with Gasteiger partial charge in [-0.15, -0.1) is 0 Å². The van der Waals surface area contributed by atoms with E-state index in [0.717, 1.165) is 0 Å². The minimum Gasteiger partial charge on any atom is -0.497 e. The highest BCUT2D eigenvalue weighted by Gasteiger charge is 2.13. The third-order valence-corrected chi connectivity index (χ3v) is 3.85. The lowest BCUT2D eigenvalue weighted by atomic mass is 10.0. The molecule has 0 aliphatic carbocycles. The summed E-state index contributed by atoms with van der Waals surface area (Å²) in [6, 6.07) is 15.6. The topological polar surface area (TPSA) is 104 Å². The summed E-state index contributed by atoms with van der Waals surface area (Å²) in [6.07, 6.45) is 3.14. The molecule has 28 heavy (non-hydrogen) atoms. The molecule has 0 unspecified atom stereocenters. The fourth-order valence-electron chi connectivity index (χ4n) is 2.39. The Bertz CT molecular complexity index is 1000. The first kappa shape index (κ1) is 18.7. The van der Waals surface area contributed by atoms with Gasteiger partial charge in [-0.2, -0.15) is 0 Å². The molecule has 140 valence electrons. The molecule has 0 saturated carbocycles. The lowest BCUT2D eigenvalue weighted by molar-refractivity contribution is -0.384. The Hall–Kier alpha value is -4.07. The molecule has 0 fully saturated rings. The van der Waals surface area contributed by atoms with E-state index in [2.05, 4.69) is 10.1 Å². The molecule has 0 amide bonds. The van der Waals surface area contributed by atoms with Gasteiger partial charge in [-0.25, -0.2) is 4.79 Å². The van der Waals surface area contributed by atoms with Crippen molar-refractivity contribution in [3.63, 3.8) is 0 Å². The van der Waals surface area contributed by atoms with Crippen LogP contribution in [0.4, 0.5) is 5.69 Å². The highest BCUT2D eigenvalue weighted by Crippen LogP contribution is 2.17. The second kappa shape index (κ2) is 8.54. The first-order valence-electron chi connectivity index (χ1n) is 8.17. The van der Waals surface area contributed by atoms with Crippen molar-refractivity contribution in [2.75, 3.05) is 7.11 Å². The maximum absolute atomic E-state index is 12.3. The number of non-ortho nitro benzene ring substituents is 1. The SMILES string of the molecule is COc1ccc(C(=O)ON=C(c2ccncc2)c2ccc([N+](=O)[O-])cc2)cc1. The van der Waals surface area contributed by atoms with Crippen LogP contribution in [0.2, 0.25) is 0 Å². The summed E-state index contributed by atoms with van der Waals surface area (Å²) in [5.41, 5.74) is 1.81. The van der Waals surface area contributed by atoms with Gasteiger partial charge in [0.05, 0.1) is 17.6 Å². The van der Waals surface area contributed by atoms with Gasteiger partial charge in [0.1, 0.15) is 11.5 Å². The first-order valence-corrected chi connectivity index (χ1v) is 8.17. The Balaban J connectivity index is 1.90. The molecule has 0 N–H and O–H groups in total. The number of pyridine rings is 1. The molecule has 2 aromatic carbocycles. The van der Waals surface area contributed by atoms with Gasteiger partial charge < -0.3 is 9.57 Å². The molecule has 8 nitrogen and oxygen atoms in total. The highest BCUT2D eigenvalue weighted by molar-refractivity contribution is 6.12. The van der Waals surface area contributed by atoms with Gasteiger partial charge in [0.25, 0.3) is 5.69 Å². The van der Waals surface area contributed by atoms with Crippen molar-refractivity contribution in [1.82, 2.24) is 4.98 Å². The van der Waals surface area contributed by atoms with E-state index in [9.17, 15) is 14.9 Å². The summed E-state index contributed by atoms with van der Waals surface area (Å²) >= 11 is 0. The monoisotopic (exact) mass is 377 g/mol. The van der Waals surface area contributed by atoms with Crippen molar-refractivity contribution in [3.05, 3.63) is 99.9 Å². The van der Waals surface area contributed by atoms with Crippen LogP contribution in [0.15, 0.2) is 78.2 Å². The number of nitrogens with zero attached hydrogens (tertiary/aromatic N) is 3. The number of carbonyl (C=O) groups is 1. The summed E-state index contributed by atoms with van der Waals surface area (Å²) in [6.45, 7) is 0. The van der Waals surface area contributed by atoms with E-state index in [1.165, 1.54) is 19.2 Å². The van der Waals surface area contributed by atoms with Crippen molar-refractivity contribution in [2.45, 2.75) is 0 Å². The molecular weight excluding hydrogens is 362 g/mol. The van der Waals surface area contributed by atoms with Gasteiger partial charge in [-0.05, 0) is 48.5 Å². The minimum atomic E-state index is -0.642. The Kier molecular flexibility index (Phi) is 5.71. The zero-order chi connectivity index (χ0) is 19.9. The third kappa shape index (κ3) is 4.36. The molecule has 0 saturated heterocycles. The molecular formula is C20H15N3O5. The van der Waals surface area contributed by atoms with Crippen molar-refractivity contribution >= 4 is 17.4 Å². The zero-order valence-electron chi connectivity index (χ0n) is 14.8. The summed E-state index contributed by atoms with van der Waals surface area (Å²) < 4.78 is 5.06. The number of nitro groups is 1. The minimum absolute atomic E-state index is 0.0481. The van der Waals surface area contributed by atoms with Crippen LogP contribution >= 0.6 is 0 Å². The average molecular weight is 377 g/mol. The standard InChI is InChI=1S/C20H15N3O5/c1-27-18-8-4-16(5-9-18)20(24)28-22-19(15-10-12-21-13-11-15)14-2-6-17(7-3-14)23(25)26/h2-13H,1H3. The Morgan fingerprint density at radius 1 is 0.929 bits per heavy atom. The molecule has 3 rings (SSSR count). The number of methoxy groups -OCH3 is 1. The highest BCUT2D eigenvalue weighted by atomic mass is 16.7. The smallest absolute Gasteiger partial charge is 0.365 e. The summed E-state index contributed by atoms with van der Waals surface area (Å²) in [4.78, 5) is 31.7. The zero-order valence-corrected chi connectivity index (χ0v) is 14.8. The molecule has 0 radical (unpaired) electrons. The van der Waals surface area contributed by atoms with Crippen molar-refractivity contribution in [1.29, 1.82) is 0 Å². The van der Waals surface area contributed by atoms with Gasteiger partial charge in [0, 0.05) is 35.7 Å². The molecule has 1 aromatic heterocycles. The molecule has 3 aromatic rings. The quantitative estimate of drug-likeness (QED) is 0.281. The molecule has 1 heterocycles. The van der Waals surface area contributed by atoms with Crippen LogP contribution < -0.4 is 4.74 Å². The number of ether oxygens (including phenoxy) is 1. The van der Waals surface area contributed by atoms with E-state index >= 15 is 0 Å². The van der Waals surface area contributed by atoms with Crippen molar-refractivity contribution in [3.8, 4) is 5.75 Å². The molecule has 0 spiro atoms. The summed E-state index contributed by atoms with van der Waals surface area (Å²) in [7, 11) is 1.53. The number of rotatable bonds is 6.